The van der Waals surface area contributed by atoms with E-state index in [1.54, 1.807) is 13.0 Å². The molecule has 0 saturated heterocycles. The Bertz CT molecular complexity index is 1630. The number of ether oxygens (including phenoxy) is 3. The highest BCUT2D eigenvalue weighted by atomic mass is 35.5. The Kier molecular flexibility index (Phi) is 30.2. The van der Waals surface area contributed by atoms with Gasteiger partial charge in [-0.15, -0.1) is 12.4 Å². The number of nitrogens with one attached hydrogen (secondary N) is 4. The molecule has 2 rings (SSSR count). The molecule has 0 fully saturated rings. The van der Waals surface area contributed by atoms with Gasteiger partial charge in [-0.05, 0) is 98.3 Å². The number of benzene rings is 2. The van der Waals surface area contributed by atoms with E-state index in [0.29, 0.717) is 49.3 Å². The average Bonchev–Trinajstić information content (AvgIpc) is 3.17. The molecule has 0 saturated carbocycles. The number of hydrogen-bond donors (Lipinski definition) is 5. The number of hydrogen-bond acceptors (Lipinski definition) is 11. The van der Waals surface area contributed by atoms with Crippen molar-refractivity contribution in [2.24, 2.45) is 11.6 Å². The van der Waals surface area contributed by atoms with E-state index in [0.717, 1.165) is 22.3 Å². The van der Waals surface area contributed by atoms with E-state index in [2.05, 4.69) is 31.7 Å². The molecule has 2 aromatic rings. The first-order valence-corrected chi connectivity index (χ1v) is 20.0. The molecule has 0 aromatic heterocycles. The maximum absolute atomic E-state index is 13.5. The van der Waals surface area contributed by atoms with Crippen molar-refractivity contribution in [2.75, 3.05) is 38.8 Å². The maximum Gasteiger partial charge on any atom is 0.513 e. The van der Waals surface area contributed by atoms with E-state index in [4.69, 9.17) is 10.9 Å². The van der Waals surface area contributed by atoms with Gasteiger partial charge in [0, 0.05) is 19.4 Å². The highest BCUT2D eigenvalue weighted by Crippen LogP contribution is 2.29. The molecule has 59 heavy (non-hydrogen) atoms. The zero-order chi connectivity index (χ0) is 41.6. The van der Waals surface area contributed by atoms with E-state index in [9.17, 15) is 28.8 Å². The van der Waals surface area contributed by atoms with Gasteiger partial charge in [-0.1, -0.05) is 50.6 Å². The highest BCUT2D eigenvalue weighted by Gasteiger charge is 2.27. The van der Waals surface area contributed by atoms with Gasteiger partial charge < -0.3 is 57.6 Å². The summed E-state index contributed by atoms with van der Waals surface area (Å²) in [4.78, 5) is 76.7. The molecule has 17 nitrogen and oxygen atoms in total. The zero-order valence-corrected chi connectivity index (χ0v) is 36.7. The van der Waals surface area contributed by atoms with Crippen molar-refractivity contribution in [1.29, 1.82) is 0 Å². The second-order valence-corrected chi connectivity index (χ2v) is 14.8. The number of aryl methyl sites for hydroxylation is 1. The summed E-state index contributed by atoms with van der Waals surface area (Å²) in [6.07, 6.45) is 3.95. The molecule has 336 valence electrons. The number of methoxy groups -OCH3 is 1. The Morgan fingerprint density at radius 3 is 2.12 bits per heavy atom. The van der Waals surface area contributed by atoms with Gasteiger partial charge in [0.1, 0.15) is 19.2 Å². The molecular formula is C40H66ClN5O12S. The lowest BCUT2D eigenvalue weighted by atomic mass is 9.92. The van der Waals surface area contributed by atoms with Crippen molar-refractivity contribution >= 4 is 59.9 Å². The quantitative estimate of drug-likeness (QED) is 0.0572. The standard InChI is InChI=1S/C40H59N5O9S.ClH.3H2O/c1-25(2)24-53-40(51)54-34-20-26(3)30(27(4)28(34)5)22-31(41)37(48)45-32(17-19-55-7)38(49)43-23-35(46)44-33(21-29-14-10-8-11-15-29)39(50)42-18-13-9-12-16-36(47)52-6;;;;/h8,10-11,14-15,20,25,31-33H,9,12-13,16-19,21-24,41H2,1-7H3,(H,42,50)(H,43,49)(H,44,46)(H,45,48);1H;3*1H2/t31-,32-,33-;;;;/m0..../s1/i/hD. The topological polar surface area (TPSA) is 299 Å². The minimum atomic E-state index is -1.03. The second kappa shape index (κ2) is 31.5. The number of unbranched alkanes of at least 4 members (excludes halogenated alkanes) is 2. The molecule has 0 spiro atoms. The SMILES string of the molecule is Cl.O.O.O.[2H]N[C@@H](Cc1c(C)cc(OC(=O)OCC(C)C)c(C)c1C)C(=O)N[C@@H](CCSC)C(=O)NCC(=O)N[C@@H](Cc1ccccc1)C(=O)NCCCCCC(=O)OC. The van der Waals surface area contributed by atoms with Crippen LogP contribution in [0.2, 0.25) is 1.41 Å². The number of halogens is 1. The Labute approximate surface area is 359 Å². The largest absolute Gasteiger partial charge is 0.513 e. The number of rotatable bonds is 24. The van der Waals surface area contributed by atoms with Crippen LogP contribution >= 0.6 is 24.2 Å². The number of esters is 1. The third-order valence-corrected chi connectivity index (χ3v) is 9.49. The van der Waals surface area contributed by atoms with Crippen molar-refractivity contribution in [3.63, 3.8) is 0 Å². The lowest BCUT2D eigenvalue weighted by Gasteiger charge is -2.23. The van der Waals surface area contributed by atoms with Gasteiger partial charge in [-0.25, -0.2) is 4.79 Å². The van der Waals surface area contributed by atoms with Crippen LogP contribution in [0.25, 0.3) is 0 Å². The van der Waals surface area contributed by atoms with Crippen LogP contribution in [0.1, 0.15) is 73.8 Å². The summed E-state index contributed by atoms with van der Waals surface area (Å²) in [5.41, 5.74) is 6.12. The Hall–Kier alpha value is -4.46. The summed E-state index contributed by atoms with van der Waals surface area (Å²) in [7, 11) is 1.34. The maximum atomic E-state index is 13.5. The van der Waals surface area contributed by atoms with Gasteiger partial charge in [0.25, 0.3) is 0 Å². The fraction of sp³-hybridized carbons (Fsp3) is 0.550. The smallest absolute Gasteiger partial charge is 0.469 e. The van der Waals surface area contributed by atoms with Gasteiger partial charge in [0.05, 0.1) is 26.3 Å². The number of nitrogens with two attached hydrogens (primary N) is 1. The number of carbonyl (C=O) groups excluding carboxylic acids is 6. The van der Waals surface area contributed by atoms with Crippen molar-refractivity contribution in [2.45, 2.75) is 97.7 Å². The summed E-state index contributed by atoms with van der Waals surface area (Å²) < 4.78 is 23.2. The summed E-state index contributed by atoms with van der Waals surface area (Å²) in [5, 5.41) is 10.9. The van der Waals surface area contributed by atoms with Crippen LogP contribution in [0, 0.1) is 26.7 Å². The predicted molar refractivity (Wildman–Crippen MR) is 231 cm³/mol. The van der Waals surface area contributed by atoms with Crippen LogP contribution < -0.4 is 31.7 Å². The first kappa shape index (κ1) is 56.6. The van der Waals surface area contributed by atoms with Crippen LogP contribution in [0.3, 0.4) is 0 Å². The summed E-state index contributed by atoms with van der Waals surface area (Å²) in [6, 6.07) is 7.95. The molecule has 12 N–H and O–H groups in total. The minimum absolute atomic E-state index is 0. The van der Waals surface area contributed by atoms with E-state index in [1.165, 1.54) is 18.9 Å². The van der Waals surface area contributed by atoms with Crippen molar-refractivity contribution < 1.29 is 60.8 Å². The second-order valence-electron chi connectivity index (χ2n) is 13.8. The molecule has 0 aliphatic rings. The molecular weight excluding hydrogens is 810 g/mol. The van der Waals surface area contributed by atoms with Gasteiger partial charge in [0.15, 0.2) is 0 Å². The third-order valence-electron chi connectivity index (χ3n) is 8.85. The first-order valence-electron chi connectivity index (χ1n) is 19.1. The Balaban J connectivity index is -0.00000812. The van der Waals surface area contributed by atoms with Crippen molar-refractivity contribution in [1.82, 2.24) is 21.3 Å². The Morgan fingerprint density at radius 1 is 0.847 bits per heavy atom. The van der Waals surface area contributed by atoms with Crippen molar-refractivity contribution in [3.8, 4) is 5.75 Å². The molecule has 0 radical (unpaired) electrons. The summed E-state index contributed by atoms with van der Waals surface area (Å²) >= 11 is 1.48. The van der Waals surface area contributed by atoms with Crippen LogP contribution in [0.4, 0.5) is 4.79 Å². The number of thioether (sulfide) groups is 1. The molecule has 19 heteroatoms. The molecule has 4 amide bonds. The monoisotopic (exact) mass is 876 g/mol. The summed E-state index contributed by atoms with van der Waals surface area (Å²) in [5.74, 6) is -1.40. The molecule has 0 unspecified atom stereocenters. The van der Waals surface area contributed by atoms with E-state index in [1.807, 2.05) is 64.3 Å². The van der Waals surface area contributed by atoms with Gasteiger partial charge in [0.2, 0.25) is 23.6 Å². The molecule has 2 aromatic carbocycles. The van der Waals surface area contributed by atoms with Crippen LogP contribution in [-0.4, -0.2) is 109 Å². The van der Waals surface area contributed by atoms with Crippen LogP contribution in [-0.2, 0) is 46.3 Å². The molecule has 0 aliphatic carbocycles. The molecule has 0 aliphatic heterocycles. The van der Waals surface area contributed by atoms with Crippen molar-refractivity contribution in [3.05, 3.63) is 64.2 Å². The lowest BCUT2D eigenvalue weighted by Crippen LogP contribution is -2.54. The molecule has 0 heterocycles. The van der Waals surface area contributed by atoms with Gasteiger partial charge in [-0.3, -0.25) is 24.0 Å². The predicted octanol–water partition coefficient (Wildman–Crippen LogP) is 1.53. The van der Waals surface area contributed by atoms with Crippen LogP contribution in [0.5, 0.6) is 5.75 Å². The normalized spacial score (nSPS) is 11.9. The highest BCUT2D eigenvalue weighted by molar-refractivity contribution is 7.98. The molecule has 0 bridgehead atoms. The number of amides is 4. The fourth-order valence-electron chi connectivity index (χ4n) is 5.55. The Morgan fingerprint density at radius 2 is 1.51 bits per heavy atom. The van der Waals surface area contributed by atoms with E-state index in [-0.39, 0.29) is 72.5 Å². The first-order chi connectivity index (χ1) is 26.7. The lowest BCUT2D eigenvalue weighted by molar-refractivity contribution is -0.140. The van der Waals surface area contributed by atoms with E-state index < -0.39 is 48.5 Å². The number of carbonyl (C=O) groups is 6. The van der Waals surface area contributed by atoms with E-state index >= 15 is 0 Å². The van der Waals surface area contributed by atoms with Crippen LogP contribution in [0.15, 0.2) is 36.4 Å². The minimum Gasteiger partial charge on any atom is -0.469 e. The third kappa shape index (κ3) is 21.9. The van der Waals surface area contributed by atoms with Gasteiger partial charge >= 0.3 is 12.1 Å². The summed E-state index contributed by atoms with van der Waals surface area (Å²) in [6.45, 7) is 9.43. The van der Waals surface area contributed by atoms with Gasteiger partial charge in [-0.2, -0.15) is 11.8 Å². The fourth-order valence-corrected chi connectivity index (χ4v) is 6.02. The average molecular weight is 878 g/mol. The molecule has 3 atom stereocenters. The zero-order valence-electron chi connectivity index (χ0n) is 36.0.